The zero-order chi connectivity index (χ0) is 21.8. The molecule has 3 rings (SSSR count). The molecule has 1 N–H and O–H groups in total. The Hall–Kier alpha value is -2.86. The third kappa shape index (κ3) is 5.19. The molecular weight excluding hydrogens is 404 g/mol. The third-order valence-corrected chi connectivity index (χ3v) is 5.31. The number of esters is 1. The van der Waals surface area contributed by atoms with Crippen molar-refractivity contribution in [2.75, 3.05) is 23.4 Å². The van der Waals surface area contributed by atoms with Gasteiger partial charge in [-0.05, 0) is 54.8 Å². The second kappa shape index (κ2) is 9.30. The maximum absolute atomic E-state index is 12.6. The van der Waals surface area contributed by atoms with E-state index in [1.807, 2.05) is 32.9 Å². The number of nitrogens with zero attached hydrogens (tertiary/aromatic N) is 1. The first-order chi connectivity index (χ1) is 14.2. The Balaban J connectivity index is 1.60. The van der Waals surface area contributed by atoms with Crippen LogP contribution in [0.3, 0.4) is 0 Å². The molecule has 2 aromatic carbocycles. The first-order valence-corrected chi connectivity index (χ1v) is 10.3. The normalized spacial score (nSPS) is 16.1. The number of carbonyl (C=O) groups excluding carboxylic acids is 3. The highest BCUT2D eigenvalue weighted by Crippen LogP contribution is 2.29. The van der Waals surface area contributed by atoms with Gasteiger partial charge in [-0.2, -0.15) is 0 Å². The fourth-order valence-electron chi connectivity index (χ4n) is 3.14. The van der Waals surface area contributed by atoms with Crippen LogP contribution in [0.5, 0.6) is 0 Å². The van der Waals surface area contributed by atoms with Crippen LogP contribution in [-0.4, -0.2) is 30.9 Å². The standard InChI is InChI=1S/C23H25ClN2O4/c1-14(2)13-30-23(29)16-5-7-18(8-6-16)25-22(28)17-10-21(27)26(12-17)19-9-4-15(3)20(24)11-19/h4-9,11,14,17H,10,12-13H2,1-3H3,(H,25,28)/t17-/m0/s1. The Morgan fingerprint density at radius 3 is 2.53 bits per heavy atom. The van der Waals surface area contributed by atoms with Gasteiger partial charge >= 0.3 is 5.97 Å². The zero-order valence-electron chi connectivity index (χ0n) is 17.3. The van der Waals surface area contributed by atoms with Crippen LogP contribution in [0.15, 0.2) is 42.5 Å². The Morgan fingerprint density at radius 1 is 1.20 bits per heavy atom. The van der Waals surface area contributed by atoms with Crippen LogP contribution in [0.1, 0.15) is 36.2 Å². The van der Waals surface area contributed by atoms with Gasteiger partial charge in [0.15, 0.2) is 0 Å². The first kappa shape index (κ1) is 21.8. The number of aryl methyl sites for hydroxylation is 1. The Kier molecular flexibility index (Phi) is 6.77. The monoisotopic (exact) mass is 428 g/mol. The van der Waals surface area contributed by atoms with Gasteiger partial charge in [-0.25, -0.2) is 4.79 Å². The summed E-state index contributed by atoms with van der Waals surface area (Å²) in [5.41, 5.74) is 2.60. The number of ether oxygens (including phenoxy) is 1. The smallest absolute Gasteiger partial charge is 0.338 e. The Bertz CT molecular complexity index is 956. The van der Waals surface area contributed by atoms with Gasteiger partial charge in [0.05, 0.1) is 18.1 Å². The second-order valence-corrected chi connectivity index (χ2v) is 8.30. The number of benzene rings is 2. The number of amides is 2. The summed E-state index contributed by atoms with van der Waals surface area (Å²) in [5, 5.41) is 3.40. The van der Waals surface area contributed by atoms with E-state index < -0.39 is 11.9 Å². The highest BCUT2D eigenvalue weighted by Gasteiger charge is 2.35. The van der Waals surface area contributed by atoms with Crippen LogP contribution in [-0.2, 0) is 14.3 Å². The number of hydrogen-bond donors (Lipinski definition) is 1. The van der Waals surface area contributed by atoms with Gasteiger partial charge in [-0.15, -0.1) is 0 Å². The van der Waals surface area contributed by atoms with Crippen molar-refractivity contribution in [3.8, 4) is 0 Å². The second-order valence-electron chi connectivity index (χ2n) is 7.90. The van der Waals surface area contributed by atoms with Crippen LogP contribution in [0.25, 0.3) is 0 Å². The van der Waals surface area contributed by atoms with Crippen molar-refractivity contribution < 1.29 is 19.1 Å². The van der Waals surface area contributed by atoms with Crippen molar-refractivity contribution in [3.05, 3.63) is 58.6 Å². The van der Waals surface area contributed by atoms with Gasteiger partial charge in [-0.3, -0.25) is 9.59 Å². The summed E-state index contributed by atoms with van der Waals surface area (Å²) in [6.45, 7) is 6.48. The van der Waals surface area contributed by atoms with Crippen molar-refractivity contribution in [1.29, 1.82) is 0 Å². The first-order valence-electron chi connectivity index (χ1n) is 9.89. The maximum atomic E-state index is 12.6. The minimum absolute atomic E-state index is 0.113. The lowest BCUT2D eigenvalue weighted by atomic mass is 10.1. The molecule has 6 nitrogen and oxygen atoms in total. The molecule has 1 fully saturated rings. The average Bonchev–Trinajstić information content (AvgIpc) is 3.10. The summed E-state index contributed by atoms with van der Waals surface area (Å²) in [5.74, 6) is -0.946. The van der Waals surface area contributed by atoms with Gasteiger partial charge in [0.2, 0.25) is 11.8 Å². The molecule has 1 heterocycles. The quantitative estimate of drug-likeness (QED) is 0.689. The topological polar surface area (TPSA) is 75.7 Å². The fraction of sp³-hybridized carbons (Fsp3) is 0.348. The molecular formula is C23H25ClN2O4. The highest BCUT2D eigenvalue weighted by molar-refractivity contribution is 6.31. The molecule has 1 aliphatic rings. The van der Waals surface area contributed by atoms with Gasteiger partial charge in [0.25, 0.3) is 0 Å². The van der Waals surface area contributed by atoms with E-state index in [2.05, 4.69) is 5.32 Å². The molecule has 1 atom stereocenters. The minimum atomic E-state index is -0.465. The van der Waals surface area contributed by atoms with Crippen molar-refractivity contribution >= 4 is 40.8 Å². The van der Waals surface area contributed by atoms with Gasteiger partial charge in [0.1, 0.15) is 0 Å². The van der Waals surface area contributed by atoms with Gasteiger partial charge < -0.3 is 15.0 Å². The summed E-state index contributed by atoms with van der Waals surface area (Å²) >= 11 is 6.17. The Labute approximate surface area is 181 Å². The van der Waals surface area contributed by atoms with Crippen molar-refractivity contribution in [3.63, 3.8) is 0 Å². The zero-order valence-corrected chi connectivity index (χ0v) is 18.0. The molecule has 1 saturated heterocycles. The molecule has 30 heavy (non-hydrogen) atoms. The van der Waals surface area contributed by atoms with Crippen molar-refractivity contribution in [1.82, 2.24) is 0 Å². The molecule has 7 heteroatoms. The van der Waals surface area contributed by atoms with E-state index in [9.17, 15) is 14.4 Å². The number of hydrogen-bond acceptors (Lipinski definition) is 4. The van der Waals surface area contributed by atoms with Crippen LogP contribution < -0.4 is 10.2 Å². The third-order valence-electron chi connectivity index (χ3n) is 4.90. The number of carbonyl (C=O) groups is 3. The molecule has 2 amide bonds. The van der Waals surface area contributed by atoms with E-state index in [1.165, 1.54) is 0 Å². The van der Waals surface area contributed by atoms with E-state index in [0.29, 0.717) is 35.1 Å². The van der Waals surface area contributed by atoms with E-state index in [1.54, 1.807) is 35.2 Å². The summed E-state index contributed by atoms with van der Waals surface area (Å²) in [4.78, 5) is 38.6. The predicted molar refractivity (Wildman–Crippen MR) is 117 cm³/mol. The minimum Gasteiger partial charge on any atom is -0.462 e. The van der Waals surface area contributed by atoms with Gasteiger partial charge in [-0.1, -0.05) is 31.5 Å². The van der Waals surface area contributed by atoms with E-state index >= 15 is 0 Å². The summed E-state index contributed by atoms with van der Waals surface area (Å²) in [7, 11) is 0. The summed E-state index contributed by atoms with van der Waals surface area (Å²) in [6.07, 6.45) is 0.136. The highest BCUT2D eigenvalue weighted by atomic mass is 35.5. The number of anilines is 2. The summed E-state index contributed by atoms with van der Waals surface area (Å²) < 4.78 is 5.19. The lowest BCUT2D eigenvalue weighted by Crippen LogP contribution is -2.28. The lowest BCUT2D eigenvalue weighted by molar-refractivity contribution is -0.122. The van der Waals surface area contributed by atoms with Crippen LogP contribution in [0.2, 0.25) is 5.02 Å². The number of halogens is 1. The van der Waals surface area contributed by atoms with Crippen molar-refractivity contribution in [2.45, 2.75) is 27.2 Å². The molecule has 0 unspecified atom stereocenters. The van der Waals surface area contributed by atoms with Gasteiger partial charge in [0, 0.05) is 29.4 Å². The molecule has 2 aromatic rings. The van der Waals surface area contributed by atoms with Crippen LogP contribution in [0, 0.1) is 18.8 Å². The van der Waals surface area contributed by atoms with Crippen molar-refractivity contribution in [2.24, 2.45) is 11.8 Å². The SMILES string of the molecule is Cc1ccc(N2C[C@@H](C(=O)Nc3ccc(C(=O)OCC(C)C)cc3)CC2=O)cc1Cl. The predicted octanol–water partition coefficient (Wildman–Crippen LogP) is 4.45. The lowest BCUT2D eigenvalue weighted by Gasteiger charge is -2.17. The number of rotatable bonds is 6. The maximum Gasteiger partial charge on any atom is 0.338 e. The van der Waals surface area contributed by atoms with Crippen LogP contribution >= 0.6 is 11.6 Å². The molecule has 1 aliphatic heterocycles. The van der Waals surface area contributed by atoms with E-state index in [-0.39, 0.29) is 24.2 Å². The Morgan fingerprint density at radius 2 is 1.90 bits per heavy atom. The molecule has 0 bridgehead atoms. The molecule has 0 spiro atoms. The molecule has 0 aliphatic carbocycles. The molecule has 0 aromatic heterocycles. The largest absolute Gasteiger partial charge is 0.462 e. The molecule has 158 valence electrons. The van der Waals surface area contributed by atoms with E-state index in [0.717, 1.165) is 5.56 Å². The summed E-state index contributed by atoms with van der Waals surface area (Å²) in [6, 6.07) is 11.9. The molecule has 0 radical (unpaired) electrons. The average molecular weight is 429 g/mol. The number of nitrogens with one attached hydrogen (secondary N) is 1. The molecule has 0 saturated carbocycles. The van der Waals surface area contributed by atoms with E-state index in [4.69, 9.17) is 16.3 Å². The fourth-order valence-corrected chi connectivity index (χ4v) is 3.32. The van der Waals surface area contributed by atoms with Crippen LogP contribution in [0.4, 0.5) is 11.4 Å².